The Bertz CT molecular complexity index is 819. The molecule has 0 saturated carbocycles. The van der Waals surface area contributed by atoms with E-state index in [1.165, 1.54) is 11.3 Å². The molecule has 0 radical (unpaired) electrons. The van der Waals surface area contributed by atoms with Gasteiger partial charge in [0.25, 0.3) is 5.91 Å². The second-order valence-electron chi connectivity index (χ2n) is 5.16. The minimum atomic E-state index is -0.157. The average molecular weight is 296 g/mol. The molecule has 1 amide bonds. The van der Waals surface area contributed by atoms with Gasteiger partial charge < -0.3 is 11.1 Å². The molecule has 0 fully saturated rings. The third kappa shape index (κ3) is 2.62. The fraction of sp³-hybridized carbons (Fsp3) is 0.118. The Morgan fingerprint density at radius 2 is 1.71 bits per heavy atom. The van der Waals surface area contributed by atoms with Crippen LogP contribution in [0.25, 0.3) is 10.1 Å². The predicted octanol–water partition coefficient (Wildman–Crippen LogP) is 4.35. The molecular formula is C17H16N2OS. The van der Waals surface area contributed by atoms with E-state index < -0.39 is 0 Å². The second kappa shape index (κ2) is 5.22. The van der Waals surface area contributed by atoms with Gasteiger partial charge in [-0.1, -0.05) is 29.3 Å². The zero-order valence-corrected chi connectivity index (χ0v) is 12.8. The first-order valence-corrected chi connectivity index (χ1v) is 7.53. The van der Waals surface area contributed by atoms with E-state index in [2.05, 4.69) is 5.32 Å². The Hall–Kier alpha value is -2.33. The molecule has 1 heterocycles. The van der Waals surface area contributed by atoms with E-state index in [9.17, 15) is 4.79 Å². The first-order valence-electron chi connectivity index (χ1n) is 6.71. The topological polar surface area (TPSA) is 55.1 Å². The smallest absolute Gasteiger partial charge is 0.267 e. The molecule has 3 N–H and O–H groups in total. The van der Waals surface area contributed by atoms with Crippen LogP contribution in [0.15, 0.2) is 42.5 Å². The molecule has 1 aromatic heterocycles. The molecule has 0 spiro atoms. The lowest BCUT2D eigenvalue weighted by atomic mass is 10.1. The van der Waals surface area contributed by atoms with E-state index in [0.29, 0.717) is 10.6 Å². The maximum atomic E-state index is 12.4. The number of hydrogen-bond acceptors (Lipinski definition) is 3. The van der Waals surface area contributed by atoms with Gasteiger partial charge in [-0.05, 0) is 38.1 Å². The van der Waals surface area contributed by atoms with Crippen LogP contribution in [-0.2, 0) is 0 Å². The van der Waals surface area contributed by atoms with Crippen molar-refractivity contribution < 1.29 is 4.79 Å². The van der Waals surface area contributed by atoms with Crippen molar-refractivity contribution in [2.24, 2.45) is 0 Å². The molecule has 0 aliphatic carbocycles. The maximum Gasteiger partial charge on any atom is 0.267 e. The fourth-order valence-electron chi connectivity index (χ4n) is 2.22. The van der Waals surface area contributed by atoms with Crippen LogP contribution >= 0.6 is 11.3 Å². The summed E-state index contributed by atoms with van der Waals surface area (Å²) < 4.78 is 1.03. The third-order valence-electron chi connectivity index (χ3n) is 3.40. The van der Waals surface area contributed by atoms with Gasteiger partial charge in [0, 0.05) is 15.8 Å². The van der Waals surface area contributed by atoms with Gasteiger partial charge in [0.05, 0.1) is 5.69 Å². The van der Waals surface area contributed by atoms with Gasteiger partial charge in [-0.2, -0.15) is 0 Å². The molecule has 21 heavy (non-hydrogen) atoms. The van der Waals surface area contributed by atoms with Crippen molar-refractivity contribution in [2.45, 2.75) is 13.8 Å². The summed E-state index contributed by atoms with van der Waals surface area (Å²) in [5.74, 6) is -0.157. The van der Waals surface area contributed by atoms with E-state index in [0.717, 1.165) is 26.9 Å². The highest BCUT2D eigenvalue weighted by molar-refractivity contribution is 7.21. The van der Waals surface area contributed by atoms with E-state index in [4.69, 9.17) is 5.73 Å². The zero-order valence-electron chi connectivity index (χ0n) is 11.9. The van der Waals surface area contributed by atoms with Crippen LogP contribution in [0.2, 0.25) is 0 Å². The number of amides is 1. The van der Waals surface area contributed by atoms with Gasteiger partial charge in [-0.3, -0.25) is 4.79 Å². The lowest BCUT2D eigenvalue weighted by Crippen LogP contribution is -2.11. The number of aryl methyl sites for hydroxylation is 2. The molecular weight excluding hydrogens is 280 g/mol. The minimum Gasteiger partial charge on any atom is -0.397 e. The Morgan fingerprint density at radius 3 is 2.43 bits per heavy atom. The molecule has 3 nitrogen and oxygen atoms in total. The summed E-state index contributed by atoms with van der Waals surface area (Å²) >= 11 is 1.43. The van der Waals surface area contributed by atoms with Crippen LogP contribution in [0, 0.1) is 13.8 Å². The normalized spacial score (nSPS) is 10.8. The van der Waals surface area contributed by atoms with Gasteiger partial charge in [0.2, 0.25) is 0 Å². The molecule has 0 saturated heterocycles. The standard InChI is InChI=1S/C17H16N2OS/c1-10-3-6-12(7-4-10)19-17(20)16-15(18)13-9-11(2)5-8-14(13)21-16/h3-9H,18H2,1-2H3,(H,19,20). The summed E-state index contributed by atoms with van der Waals surface area (Å²) in [5.41, 5.74) is 9.77. The van der Waals surface area contributed by atoms with Crippen LogP contribution in [0.5, 0.6) is 0 Å². The largest absolute Gasteiger partial charge is 0.397 e. The van der Waals surface area contributed by atoms with Crippen molar-refractivity contribution in [3.63, 3.8) is 0 Å². The SMILES string of the molecule is Cc1ccc(NC(=O)c2sc3ccc(C)cc3c2N)cc1. The lowest BCUT2D eigenvalue weighted by molar-refractivity contribution is 0.103. The highest BCUT2D eigenvalue weighted by Crippen LogP contribution is 2.34. The van der Waals surface area contributed by atoms with Gasteiger partial charge in [-0.15, -0.1) is 11.3 Å². The molecule has 0 atom stereocenters. The number of carbonyl (C=O) groups is 1. The number of carbonyl (C=O) groups excluding carboxylic acids is 1. The molecule has 3 aromatic rings. The molecule has 106 valence electrons. The van der Waals surface area contributed by atoms with E-state index >= 15 is 0 Å². The maximum absolute atomic E-state index is 12.4. The quantitative estimate of drug-likeness (QED) is 0.738. The summed E-state index contributed by atoms with van der Waals surface area (Å²) in [6.45, 7) is 4.03. The Kier molecular flexibility index (Phi) is 3.39. The van der Waals surface area contributed by atoms with Crippen molar-refractivity contribution >= 4 is 38.7 Å². The first-order chi connectivity index (χ1) is 10.0. The minimum absolute atomic E-state index is 0.157. The highest BCUT2D eigenvalue weighted by Gasteiger charge is 2.16. The summed E-state index contributed by atoms with van der Waals surface area (Å²) in [6, 6.07) is 13.8. The van der Waals surface area contributed by atoms with Crippen LogP contribution < -0.4 is 11.1 Å². The number of nitrogens with one attached hydrogen (secondary N) is 1. The number of nitrogen functional groups attached to an aromatic ring is 1. The number of anilines is 2. The Balaban J connectivity index is 1.94. The van der Waals surface area contributed by atoms with Crippen molar-refractivity contribution in [1.82, 2.24) is 0 Å². The fourth-order valence-corrected chi connectivity index (χ4v) is 3.22. The van der Waals surface area contributed by atoms with Crippen LogP contribution in [-0.4, -0.2) is 5.91 Å². The number of rotatable bonds is 2. The van der Waals surface area contributed by atoms with Crippen molar-refractivity contribution in [1.29, 1.82) is 0 Å². The van der Waals surface area contributed by atoms with Crippen molar-refractivity contribution in [3.05, 3.63) is 58.5 Å². The zero-order chi connectivity index (χ0) is 15.0. The molecule has 0 aliphatic heterocycles. The molecule has 0 aliphatic rings. The summed E-state index contributed by atoms with van der Waals surface area (Å²) in [7, 11) is 0. The van der Waals surface area contributed by atoms with Gasteiger partial charge in [0.1, 0.15) is 4.88 Å². The van der Waals surface area contributed by atoms with Gasteiger partial charge >= 0.3 is 0 Å². The molecule has 4 heteroatoms. The summed E-state index contributed by atoms with van der Waals surface area (Å²) in [5, 5.41) is 3.85. The van der Waals surface area contributed by atoms with Crippen molar-refractivity contribution in [2.75, 3.05) is 11.1 Å². The molecule has 3 rings (SSSR count). The lowest BCUT2D eigenvalue weighted by Gasteiger charge is -2.04. The molecule has 0 bridgehead atoms. The molecule has 0 unspecified atom stereocenters. The Labute approximate surface area is 127 Å². The van der Waals surface area contributed by atoms with Crippen LogP contribution in [0.3, 0.4) is 0 Å². The summed E-state index contributed by atoms with van der Waals surface area (Å²) in [6.07, 6.45) is 0. The van der Waals surface area contributed by atoms with Gasteiger partial charge in [-0.25, -0.2) is 0 Å². The first kappa shape index (κ1) is 13.6. The number of fused-ring (bicyclic) bond motifs is 1. The van der Waals surface area contributed by atoms with Crippen molar-refractivity contribution in [3.8, 4) is 0 Å². The highest BCUT2D eigenvalue weighted by atomic mass is 32.1. The number of thiophene rings is 1. The van der Waals surface area contributed by atoms with Crippen LogP contribution in [0.1, 0.15) is 20.8 Å². The van der Waals surface area contributed by atoms with E-state index in [1.54, 1.807) is 0 Å². The number of hydrogen-bond donors (Lipinski definition) is 2. The number of nitrogens with two attached hydrogens (primary N) is 1. The third-order valence-corrected chi connectivity index (χ3v) is 4.58. The molecule has 2 aromatic carbocycles. The van der Waals surface area contributed by atoms with E-state index in [-0.39, 0.29) is 5.91 Å². The van der Waals surface area contributed by atoms with Gasteiger partial charge in [0.15, 0.2) is 0 Å². The second-order valence-corrected chi connectivity index (χ2v) is 6.22. The Morgan fingerprint density at radius 1 is 1.05 bits per heavy atom. The van der Waals surface area contributed by atoms with E-state index in [1.807, 2.05) is 56.3 Å². The average Bonchev–Trinajstić information content (AvgIpc) is 2.79. The summed E-state index contributed by atoms with van der Waals surface area (Å²) in [4.78, 5) is 13.0. The predicted molar refractivity (Wildman–Crippen MR) is 90.1 cm³/mol. The number of benzene rings is 2. The van der Waals surface area contributed by atoms with Crippen LogP contribution in [0.4, 0.5) is 11.4 Å². The monoisotopic (exact) mass is 296 g/mol.